The van der Waals surface area contributed by atoms with Gasteiger partial charge < -0.3 is 4.52 Å². The summed E-state index contributed by atoms with van der Waals surface area (Å²) in [6.07, 6.45) is 2.00. The van der Waals surface area contributed by atoms with Crippen LogP contribution in [0, 0.1) is 13.8 Å². The molecular formula is C14H18N2O3S2. The zero-order valence-electron chi connectivity index (χ0n) is 12.5. The van der Waals surface area contributed by atoms with Crippen molar-refractivity contribution in [2.24, 2.45) is 0 Å². The van der Waals surface area contributed by atoms with E-state index in [9.17, 15) is 8.42 Å². The average molecular weight is 326 g/mol. The third kappa shape index (κ3) is 3.30. The SMILES string of the molecule is CSc1ccc(CN(C)S(=O)(=O)c2c(C)noc2C)cc1. The van der Waals surface area contributed by atoms with Crippen LogP contribution in [0.3, 0.4) is 0 Å². The molecule has 1 aromatic heterocycles. The Morgan fingerprint density at radius 3 is 2.33 bits per heavy atom. The van der Waals surface area contributed by atoms with Gasteiger partial charge in [-0.25, -0.2) is 8.42 Å². The van der Waals surface area contributed by atoms with Crippen molar-refractivity contribution in [3.8, 4) is 0 Å². The summed E-state index contributed by atoms with van der Waals surface area (Å²) in [5, 5.41) is 3.71. The largest absolute Gasteiger partial charge is 0.360 e. The van der Waals surface area contributed by atoms with Crippen LogP contribution < -0.4 is 0 Å². The van der Waals surface area contributed by atoms with Gasteiger partial charge in [-0.15, -0.1) is 11.8 Å². The molecule has 0 aliphatic rings. The fraction of sp³-hybridized carbons (Fsp3) is 0.357. The average Bonchev–Trinajstić information content (AvgIpc) is 2.79. The lowest BCUT2D eigenvalue weighted by molar-refractivity contribution is 0.389. The second-order valence-electron chi connectivity index (χ2n) is 4.76. The Kier molecular flexibility index (Phi) is 4.75. The maximum Gasteiger partial charge on any atom is 0.248 e. The Labute approximate surface area is 129 Å². The molecule has 0 N–H and O–H groups in total. The molecule has 0 spiro atoms. The van der Waals surface area contributed by atoms with Crippen LogP contribution in [-0.2, 0) is 16.6 Å². The summed E-state index contributed by atoms with van der Waals surface area (Å²) in [6, 6.07) is 7.84. The Morgan fingerprint density at radius 2 is 1.86 bits per heavy atom. The first kappa shape index (κ1) is 16.1. The van der Waals surface area contributed by atoms with Crippen LogP contribution in [0.2, 0.25) is 0 Å². The van der Waals surface area contributed by atoms with E-state index in [1.54, 1.807) is 32.7 Å². The van der Waals surface area contributed by atoms with Gasteiger partial charge in [-0.3, -0.25) is 0 Å². The van der Waals surface area contributed by atoms with E-state index in [2.05, 4.69) is 5.16 Å². The molecule has 0 fully saturated rings. The van der Waals surface area contributed by atoms with Gasteiger partial charge in [-0.05, 0) is 37.8 Å². The van der Waals surface area contributed by atoms with Crippen molar-refractivity contribution < 1.29 is 12.9 Å². The summed E-state index contributed by atoms with van der Waals surface area (Å²) in [5.41, 5.74) is 1.32. The molecule has 1 heterocycles. The van der Waals surface area contributed by atoms with Gasteiger partial charge in [0, 0.05) is 18.5 Å². The second-order valence-corrected chi connectivity index (χ2v) is 7.62. The molecule has 2 rings (SSSR count). The molecule has 114 valence electrons. The van der Waals surface area contributed by atoms with Gasteiger partial charge >= 0.3 is 0 Å². The van der Waals surface area contributed by atoms with Gasteiger partial charge in [-0.2, -0.15) is 4.31 Å². The molecule has 7 heteroatoms. The molecule has 0 unspecified atom stereocenters. The van der Waals surface area contributed by atoms with Gasteiger partial charge in [0.15, 0.2) is 5.76 Å². The lowest BCUT2D eigenvalue weighted by Gasteiger charge is -2.17. The van der Waals surface area contributed by atoms with Crippen LogP contribution in [0.15, 0.2) is 38.6 Å². The zero-order valence-corrected chi connectivity index (χ0v) is 14.1. The monoisotopic (exact) mass is 326 g/mol. The Hall–Kier alpha value is -1.31. The first-order valence-corrected chi connectivity index (χ1v) is 9.05. The number of aromatic nitrogens is 1. The van der Waals surface area contributed by atoms with Crippen LogP contribution in [0.5, 0.6) is 0 Å². The highest BCUT2D eigenvalue weighted by atomic mass is 32.2. The van der Waals surface area contributed by atoms with Crippen molar-refractivity contribution in [2.45, 2.75) is 30.2 Å². The predicted octanol–water partition coefficient (Wildman–Crippen LogP) is 2.83. The van der Waals surface area contributed by atoms with E-state index in [1.165, 1.54) is 4.31 Å². The van der Waals surface area contributed by atoms with E-state index < -0.39 is 10.0 Å². The van der Waals surface area contributed by atoms with Crippen LogP contribution in [0.25, 0.3) is 0 Å². The maximum absolute atomic E-state index is 12.6. The Bertz CT molecular complexity index is 702. The number of nitrogens with zero attached hydrogens (tertiary/aromatic N) is 2. The van der Waals surface area contributed by atoms with E-state index in [4.69, 9.17) is 4.52 Å². The van der Waals surface area contributed by atoms with Gasteiger partial charge in [0.05, 0.1) is 0 Å². The van der Waals surface area contributed by atoms with E-state index >= 15 is 0 Å². The minimum absolute atomic E-state index is 0.158. The molecular weight excluding hydrogens is 308 g/mol. The molecule has 5 nitrogen and oxygen atoms in total. The predicted molar refractivity (Wildman–Crippen MR) is 82.9 cm³/mol. The number of rotatable bonds is 5. The molecule has 21 heavy (non-hydrogen) atoms. The smallest absolute Gasteiger partial charge is 0.248 e. The van der Waals surface area contributed by atoms with Crippen LogP contribution >= 0.6 is 11.8 Å². The number of benzene rings is 1. The van der Waals surface area contributed by atoms with Gasteiger partial charge in [0.25, 0.3) is 0 Å². The van der Waals surface area contributed by atoms with Gasteiger partial charge in [0.1, 0.15) is 10.6 Å². The van der Waals surface area contributed by atoms with Crippen molar-refractivity contribution in [3.05, 3.63) is 41.3 Å². The molecule has 0 bridgehead atoms. The second kappa shape index (κ2) is 6.21. The van der Waals surface area contributed by atoms with Crippen LogP contribution in [0.4, 0.5) is 0 Å². The molecule has 0 aliphatic heterocycles. The molecule has 1 aromatic carbocycles. The molecule has 0 radical (unpaired) electrons. The number of aryl methyl sites for hydroxylation is 2. The molecule has 0 atom stereocenters. The highest BCUT2D eigenvalue weighted by Gasteiger charge is 2.28. The molecule has 0 aliphatic carbocycles. The fourth-order valence-electron chi connectivity index (χ4n) is 2.07. The quantitative estimate of drug-likeness (QED) is 0.791. The van der Waals surface area contributed by atoms with Crippen molar-refractivity contribution >= 4 is 21.8 Å². The number of sulfonamides is 1. The highest BCUT2D eigenvalue weighted by Crippen LogP contribution is 2.24. The molecule has 0 amide bonds. The van der Waals surface area contributed by atoms with E-state index in [0.29, 0.717) is 18.0 Å². The lowest BCUT2D eigenvalue weighted by atomic mass is 10.2. The summed E-state index contributed by atoms with van der Waals surface area (Å²) < 4.78 is 31.4. The zero-order chi connectivity index (χ0) is 15.6. The first-order valence-electron chi connectivity index (χ1n) is 6.38. The van der Waals surface area contributed by atoms with Crippen molar-refractivity contribution in [1.82, 2.24) is 9.46 Å². The normalized spacial score (nSPS) is 12.0. The number of hydrogen-bond donors (Lipinski definition) is 0. The minimum atomic E-state index is -3.60. The summed E-state index contributed by atoms with van der Waals surface area (Å²) in [5.74, 6) is 0.317. The number of thioether (sulfide) groups is 1. The van der Waals surface area contributed by atoms with E-state index in [1.807, 2.05) is 30.5 Å². The standard InChI is InChI=1S/C14H18N2O3S2/c1-10-14(11(2)19-15-10)21(17,18)16(3)9-12-5-7-13(20-4)8-6-12/h5-8H,9H2,1-4H3. The van der Waals surface area contributed by atoms with Crippen molar-refractivity contribution in [2.75, 3.05) is 13.3 Å². The summed E-state index contributed by atoms with van der Waals surface area (Å²) in [6.45, 7) is 3.54. The third-order valence-corrected chi connectivity index (χ3v) is 5.99. The summed E-state index contributed by atoms with van der Waals surface area (Å²) in [7, 11) is -2.04. The lowest BCUT2D eigenvalue weighted by Crippen LogP contribution is -2.27. The summed E-state index contributed by atoms with van der Waals surface area (Å²) in [4.78, 5) is 1.31. The summed E-state index contributed by atoms with van der Waals surface area (Å²) >= 11 is 1.65. The Balaban J connectivity index is 2.24. The molecule has 0 saturated carbocycles. The van der Waals surface area contributed by atoms with Crippen molar-refractivity contribution in [3.63, 3.8) is 0 Å². The van der Waals surface area contributed by atoms with Crippen LogP contribution in [0.1, 0.15) is 17.0 Å². The highest BCUT2D eigenvalue weighted by molar-refractivity contribution is 7.98. The third-order valence-electron chi connectivity index (χ3n) is 3.20. The van der Waals surface area contributed by atoms with E-state index in [0.717, 1.165) is 10.5 Å². The minimum Gasteiger partial charge on any atom is -0.360 e. The fourth-order valence-corrected chi connectivity index (χ4v) is 3.92. The van der Waals surface area contributed by atoms with Gasteiger partial charge in [-0.1, -0.05) is 17.3 Å². The molecule has 0 saturated heterocycles. The topological polar surface area (TPSA) is 63.4 Å². The molecule has 2 aromatic rings. The number of hydrogen-bond acceptors (Lipinski definition) is 5. The first-order chi connectivity index (χ1) is 9.86. The van der Waals surface area contributed by atoms with Crippen LogP contribution in [-0.4, -0.2) is 31.2 Å². The van der Waals surface area contributed by atoms with Crippen molar-refractivity contribution in [1.29, 1.82) is 0 Å². The van der Waals surface area contributed by atoms with E-state index in [-0.39, 0.29) is 4.90 Å². The Morgan fingerprint density at radius 1 is 1.24 bits per heavy atom. The van der Waals surface area contributed by atoms with Gasteiger partial charge in [0.2, 0.25) is 10.0 Å². The maximum atomic E-state index is 12.6.